The minimum absolute atomic E-state index is 0.536. The number of aliphatic imine (C=N–C) groups is 1. The van der Waals surface area contributed by atoms with E-state index in [0.717, 1.165) is 51.7 Å². The maximum absolute atomic E-state index is 5.14. The van der Waals surface area contributed by atoms with Gasteiger partial charge in [0.05, 0.1) is 6.54 Å². The molecule has 25 heavy (non-hydrogen) atoms. The van der Waals surface area contributed by atoms with Crippen LogP contribution in [-0.2, 0) is 4.74 Å². The number of hydrogen-bond acceptors (Lipinski definition) is 4. The normalized spacial score (nSPS) is 17.2. The third kappa shape index (κ3) is 10.7. The van der Waals surface area contributed by atoms with Gasteiger partial charge in [-0.2, -0.15) is 0 Å². The Morgan fingerprint density at radius 1 is 1.20 bits per heavy atom. The summed E-state index contributed by atoms with van der Waals surface area (Å²) in [6.45, 7) is 12.7. The minimum Gasteiger partial charge on any atom is -0.385 e. The molecule has 0 aromatic rings. The van der Waals surface area contributed by atoms with Gasteiger partial charge in [-0.15, -0.1) is 0 Å². The number of methoxy groups -OCH3 is 1. The zero-order valence-corrected chi connectivity index (χ0v) is 17.0. The van der Waals surface area contributed by atoms with Crippen molar-refractivity contribution in [3.63, 3.8) is 0 Å². The molecule has 1 heterocycles. The van der Waals surface area contributed by atoms with Gasteiger partial charge in [0.1, 0.15) is 0 Å². The zero-order chi connectivity index (χ0) is 18.3. The average molecular weight is 356 g/mol. The fraction of sp³-hybridized carbons (Fsp3) is 0.947. The van der Waals surface area contributed by atoms with Crippen molar-refractivity contribution in [1.29, 1.82) is 0 Å². The van der Waals surface area contributed by atoms with Gasteiger partial charge < -0.3 is 25.2 Å². The lowest BCUT2D eigenvalue weighted by Gasteiger charge is -2.33. The summed E-state index contributed by atoms with van der Waals surface area (Å²) < 4.78 is 5.14. The van der Waals surface area contributed by atoms with Crippen molar-refractivity contribution < 1.29 is 4.74 Å². The second-order valence-corrected chi connectivity index (χ2v) is 7.02. The molecule has 0 aliphatic carbocycles. The topological polar surface area (TPSA) is 52.1 Å². The van der Waals surface area contributed by atoms with E-state index in [1.165, 1.54) is 38.8 Å². The zero-order valence-electron chi connectivity index (χ0n) is 17.0. The molecule has 1 aliphatic heterocycles. The van der Waals surface area contributed by atoms with Crippen LogP contribution >= 0.6 is 0 Å². The predicted molar refractivity (Wildman–Crippen MR) is 107 cm³/mol. The summed E-state index contributed by atoms with van der Waals surface area (Å²) in [5.41, 5.74) is 0. The molecule has 1 aliphatic rings. The average Bonchev–Trinajstić information content (AvgIpc) is 2.62. The Labute approximate surface area is 155 Å². The Hall–Kier alpha value is -0.850. The molecule has 0 amide bonds. The highest BCUT2D eigenvalue weighted by Crippen LogP contribution is 2.10. The van der Waals surface area contributed by atoms with Gasteiger partial charge in [-0.3, -0.25) is 4.99 Å². The number of rotatable bonds is 12. The van der Waals surface area contributed by atoms with E-state index in [1.54, 1.807) is 7.11 Å². The van der Waals surface area contributed by atoms with Gasteiger partial charge in [0, 0.05) is 52.5 Å². The van der Waals surface area contributed by atoms with Gasteiger partial charge in [-0.1, -0.05) is 13.3 Å². The summed E-state index contributed by atoms with van der Waals surface area (Å²) in [6, 6.07) is 0.536. The van der Waals surface area contributed by atoms with E-state index in [0.29, 0.717) is 6.04 Å². The van der Waals surface area contributed by atoms with Crippen LogP contribution in [0.15, 0.2) is 4.99 Å². The largest absolute Gasteiger partial charge is 0.385 e. The lowest BCUT2D eigenvalue weighted by molar-refractivity contribution is 0.155. The molecular formula is C19H41N5O. The van der Waals surface area contributed by atoms with Crippen LogP contribution in [0.4, 0.5) is 0 Å². The highest BCUT2D eigenvalue weighted by Gasteiger charge is 2.19. The molecule has 0 aromatic heterocycles. The molecule has 148 valence electrons. The summed E-state index contributed by atoms with van der Waals surface area (Å²) >= 11 is 0. The molecule has 6 nitrogen and oxygen atoms in total. The van der Waals surface area contributed by atoms with Gasteiger partial charge in [0.15, 0.2) is 5.96 Å². The summed E-state index contributed by atoms with van der Waals surface area (Å²) in [4.78, 5) is 9.67. The Kier molecular flexibility index (Phi) is 12.7. The van der Waals surface area contributed by atoms with Crippen molar-refractivity contribution in [2.24, 2.45) is 4.99 Å². The molecule has 0 radical (unpaired) electrons. The number of ether oxygens (including phenoxy) is 1. The molecule has 1 saturated heterocycles. The molecule has 0 atom stereocenters. The molecule has 0 aromatic carbocycles. The summed E-state index contributed by atoms with van der Waals surface area (Å²) in [5, 5.41) is 7.02. The predicted octanol–water partition coefficient (Wildman–Crippen LogP) is 1.77. The Morgan fingerprint density at radius 3 is 2.60 bits per heavy atom. The van der Waals surface area contributed by atoms with Gasteiger partial charge in [0.2, 0.25) is 0 Å². The van der Waals surface area contributed by atoms with Crippen molar-refractivity contribution in [1.82, 2.24) is 20.4 Å². The van der Waals surface area contributed by atoms with Crippen LogP contribution < -0.4 is 10.6 Å². The molecule has 0 unspecified atom stereocenters. The number of nitrogens with one attached hydrogen (secondary N) is 2. The van der Waals surface area contributed by atoms with Gasteiger partial charge >= 0.3 is 0 Å². The van der Waals surface area contributed by atoms with E-state index in [1.807, 2.05) is 0 Å². The van der Waals surface area contributed by atoms with Crippen LogP contribution in [0.5, 0.6) is 0 Å². The van der Waals surface area contributed by atoms with Gasteiger partial charge in [0.25, 0.3) is 0 Å². The number of unbranched alkanes of at least 4 members (excludes halogenated alkanes) is 1. The standard InChI is InChI=1S/C19H41N5O/c1-5-7-12-23(3)16-11-21-19(20-6-2)22-18-9-14-24(15-10-18)13-8-17-25-4/h18H,5-17H2,1-4H3,(H2,20,21,22). The molecule has 1 fully saturated rings. The lowest BCUT2D eigenvalue weighted by Crippen LogP contribution is -2.49. The first-order chi connectivity index (χ1) is 12.2. The number of piperidine rings is 1. The smallest absolute Gasteiger partial charge is 0.191 e. The van der Waals surface area contributed by atoms with Crippen LogP contribution in [0.2, 0.25) is 0 Å². The molecular weight excluding hydrogens is 314 g/mol. The second kappa shape index (κ2) is 14.3. The maximum atomic E-state index is 5.14. The minimum atomic E-state index is 0.536. The fourth-order valence-corrected chi connectivity index (χ4v) is 3.12. The van der Waals surface area contributed by atoms with E-state index in [4.69, 9.17) is 9.73 Å². The van der Waals surface area contributed by atoms with Crippen molar-refractivity contribution in [3.8, 4) is 0 Å². The number of guanidine groups is 1. The lowest BCUT2D eigenvalue weighted by atomic mass is 10.1. The van der Waals surface area contributed by atoms with E-state index >= 15 is 0 Å². The van der Waals surface area contributed by atoms with Gasteiger partial charge in [-0.25, -0.2) is 0 Å². The van der Waals surface area contributed by atoms with Crippen LogP contribution in [-0.4, -0.2) is 88.4 Å². The third-order valence-corrected chi connectivity index (χ3v) is 4.74. The second-order valence-electron chi connectivity index (χ2n) is 7.02. The molecule has 0 saturated carbocycles. The van der Waals surface area contributed by atoms with E-state index in [2.05, 4.69) is 41.3 Å². The van der Waals surface area contributed by atoms with E-state index in [-0.39, 0.29) is 0 Å². The highest BCUT2D eigenvalue weighted by atomic mass is 16.5. The van der Waals surface area contributed by atoms with Crippen LogP contribution in [0.3, 0.4) is 0 Å². The van der Waals surface area contributed by atoms with Crippen LogP contribution in [0.25, 0.3) is 0 Å². The molecule has 0 spiro atoms. The first-order valence-corrected chi connectivity index (χ1v) is 10.1. The van der Waals surface area contributed by atoms with Gasteiger partial charge in [-0.05, 0) is 46.2 Å². The molecule has 1 rings (SSSR count). The molecule has 6 heteroatoms. The Morgan fingerprint density at radius 2 is 1.96 bits per heavy atom. The summed E-state index contributed by atoms with van der Waals surface area (Å²) in [5.74, 6) is 0.976. The number of hydrogen-bond donors (Lipinski definition) is 2. The maximum Gasteiger partial charge on any atom is 0.191 e. The Bertz CT molecular complexity index is 343. The summed E-state index contributed by atoms with van der Waals surface area (Å²) in [6.07, 6.45) is 6.02. The summed E-state index contributed by atoms with van der Waals surface area (Å²) in [7, 11) is 3.96. The monoisotopic (exact) mass is 355 g/mol. The Balaban J connectivity index is 2.29. The number of likely N-dealkylation sites (tertiary alicyclic amines) is 1. The van der Waals surface area contributed by atoms with E-state index < -0.39 is 0 Å². The van der Waals surface area contributed by atoms with Crippen molar-refractivity contribution in [2.45, 2.75) is 52.0 Å². The van der Waals surface area contributed by atoms with Crippen molar-refractivity contribution in [2.75, 3.05) is 66.6 Å². The number of likely N-dealkylation sites (N-methyl/N-ethyl adjacent to an activating group) is 1. The van der Waals surface area contributed by atoms with E-state index in [9.17, 15) is 0 Å². The fourth-order valence-electron chi connectivity index (χ4n) is 3.12. The molecule has 0 bridgehead atoms. The van der Waals surface area contributed by atoms with Crippen molar-refractivity contribution in [3.05, 3.63) is 0 Å². The van der Waals surface area contributed by atoms with Crippen molar-refractivity contribution >= 4 is 5.96 Å². The molecule has 2 N–H and O–H groups in total. The van der Waals surface area contributed by atoms with Crippen LogP contribution in [0.1, 0.15) is 46.0 Å². The first kappa shape index (κ1) is 22.2. The quantitative estimate of drug-likeness (QED) is 0.317. The van der Waals surface area contributed by atoms with Crippen LogP contribution in [0, 0.1) is 0 Å². The third-order valence-electron chi connectivity index (χ3n) is 4.74. The highest BCUT2D eigenvalue weighted by molar-refractivity contribution is 5.80. The number of nitrogens with zero attached hydrogens (tertiary/aromatic N) is 3. The SMILES string of the molecule is CCCCN(C)CCN=C(NCC)NC1CCN(CCCOC)CC1. The first-order valence-electron chi connectivity index (χ1n) is 10.1.